The highest BCUT2D eigenvalue weighted by Crippen LogP contribution is 2.35. The summed E-state index contributed by atoms with van der Waals surface area (Å²) in [5, 5.41) is 8.65. The Hall–Kier alpha value is -2.11. The van der Waals surface area contributed by atoms with E-state index in [0.717, 1.165) is 18.3 Å². The minimum Gasteiger partial charge on any atom is -0.476 e. The van der Waals surface area contributed by atoms with Gasteiger partial charge in [-0.1, -0.05) is 12.1 Å². The molecule has 2 rings (SSSR count). The van der Waals surface area contributed by atoms with Crippen molar-refractivity contribution < 1.29 is 23.1 Å². The summed E-state index contributed by atoms with van der Waals surface area (Å²) in [5.74, 6) is -1.35. The molecular weight excluding hydrogens is 235 g/mol. The van der Waals surface area contributed by atoms with Crippen LogP contribution >= 0.6 is 0 Å². The molecule has 1 heterocycles. The molecule has 17 heavy (non-hydrogen) atoms. The number of rotatable bonds is 1. The zero-order valence-electron chi connectivity index (χ0n) is 8.32. The Morgan fingerprint density at radius 2 is 1.88 bits per heavy atom. The lowest BCUT2D eigenvalue weighted by atomic mass is 10.0. The molecule has 0 radical (unpaired) electrons. The predicted molar refractivity (Wildman–Crippen MR) is 53.7 cm³/mol. The number of aromatic nitrogens is 1. The van der Waals surface area contributed by atoms with Gasteiger partial charge in [-0.25, -0.2) is 9.78 Å². The number of hydrogen-bond donors (Lipinski definition) is 1. The number of halogens is 3. The fraction of sp³-hybridized carbons (Fsp3) is 0.0909. The lowest BCUT2D eigenvalue weighted by Gasteiger charge is -2.10. The molecule has 0 aliphatic heterocycles. The number of carbonyl (C=O) groups is 1. The Bertz CT molecular complexity index is 593. The summed E-state index contributed by atoms with van der Waals surface area (Å²) in [6, 6.07) is 4.54. The van der Waals surface area contributed by atoms with Crippen LogP contribution in [-0.4, -0.2) is 16.1 Å². The van der Waals surface area contributed by atoms with Gasteiger partial charge in [-0.2, -0.15) is 13.2 Å². The lowest BCUT2D eigenvalue weighted by molar-refractivity contribution is -0.136. The Labute approximate surface area is 93.5 Å². The minimum atomic E-state index is -4.52. The van der Waals surface area contributed by atoms with E-state index in [2.05, 4.69) is 4.98 Å². The Morgan fingerprint density at radius 1 is 1.18 bits per heavy atom. The first-order valence-corrected chi connectivity index (χ1v) is 4.59. The standard InChI is InChI=1S/C11H6F3NO2/c12-11(13,14)8-3-1-2-7-6(8)4-5-15-9(7)10(16)17/h1-5H,(H,16,17). The minimum absolute atomic E-state index is 0.0187. The van der Waals surface area contributed by atoms with Crippen molar-refractivity contribution in [1.29, 1.82) is 0 Å². The molecule has 0 spiro atoms. The first-order valence-electron chi connectivity index (χ1n) is 4.59. The summed E-state index contributed by atoms with van der Waals surface area (Å²) in [6.07, 6.45) is -3.46. The van der Waals surface area contributed by atoms with E-state index in [1.807, 2.05) is 0 Å². The zero-order chi connectivity index (χ0) is 12.6. The smallest absolute Gasteiger partial charge is 0.417 e. The molecule has 1 N–H and O–H groups in total. The third kappa shape index (κ3) is 1.93. The van der Waals surface area contributed by atoms with Gasteiger partial charge in [0.25, 0.3) is 0 Å². The van der Waals surface area contributed by atoms with Crippen LogP contribution in [0, 0.1) is 0 Å². The van der Waals surface area contributed by atoms with Gasteiger partial charge in [0.2, 0.25) is 0 Å². The Kier molecular flexibility index (Phi) is 2.49. The molecule has 0 fully saturated rings. The van der Waals surface area contributed by atoms with Crippen molar-refractivity contribution in [2.45, 2.75) is 6.18 Å². The fourth-order valence-corrected chi connectivity index (χ4v) is 1.62. The van der Waals surface area contributed by atoms with Crippen LogP contribution in [0.25, 0.3) is 10.8 Å². The molecule has 2 aromatic rings. The third-order valence-electron chi connectivity index (χ3n) is 2.31. The number of aromatic carboxylic acids is 1. The number of fused-ring (bicyclic) bond motifs is 1. The van der Waals surface area contributed by atoms with E-state index in [-0.39, 0.29) is 16.5 Å². The van der Waals surface area contributed by atoms with Gasteiger partial charge < -0.3 is 5.11 Å². The van der Waals surface area contributed by atoms with Gasteiger partial charge in [0.1, 0.15) is 0 Å². The van der Waals surface area contributed by atoms with E-state index in [1.165, 1.54) is 12.1 Å². The summed E-state index contributed by atoms with van der Waals surface area (Å²) >= 11 is 0. The summed E-state index contributed by atoms with van der Waals surface area (Å²) < 4.78 is 38.0. The van der Waals surface area contributed by atoms with Gasteiger partial charge in [0.15, 0.2) is 5.69 Å². The maximum Gasteiger partial charge on any atom is 0.417 e. The molecule has 0 amide bonds. The highest BCUT2D eigenvalue weighted by molar-refractivity contribution is 6.02. The second-order valence-electron chi connectivity index (χ2n) is 3.36. The van der Waals surface area contributed by atoms with E-state index < -0.39 is 17.7 Å². The Morgan fingerprint density at radius 3 is 2.47 bits per heavy atom. The molecule has 0 aliphatic rings. The first kappa shape index (κ1) is 11.4. The van der Waals surface area contributed by atoms with Gasteiger partial charge in [-0.05, 0) is 17.5 Å². The largest absolute Gasteiger partial charge is 0.476 e. The predicted octanol–water partition coefficient (Wildman–Crippen LogP) is 2.95. The second-order valence-corrected chi connectivity index (χ2v) is 3.36. The first-order chi connectivity index (χ1) is 7.91. The molecule has 0 saturated heterocycles. The molecule has 0 saturated carbocycles. The van der Waals surface area contributed by atoms with Gasteiger partial charge in [0.05, 0.1) is 5.56 Å². The van der Waals surface area contributed by atoms with Crippen LogP contribution in [0.3, 0.4) is 0 Å². The molecule has 0 bridgehead atoms. The van der Waals surface area contributed by atoms with Crippen LogP contribution in [0.2, 0.25) is 0 Å². The highest BCUT2D eigenvalue weighted by atomic mass is 19.4. The molecule has 88 valence electrons. The molecule has 1 aromatic heterocycles. The van der Waals surface area contributed by atoms with E-state index in [9.17, 15) is 18.0 Å². The monoisotopic (exact) mass is 241 g/mol. The topological polar surface area (TPSA) is 50.2 Å². The van der Waals surface area contributed by atoms with E-state index in [1.54, 1.807) is 0 Å². The highest BCUT2D eigenvalue weighted by Gasteiger charge is 2.32. The molecule has 0 atom stereocenters. The van der Waals surface area contributed by atoms with Gasteiger partial charge in [-0.3, -0.25) is 0 Å². The van der Waals surface area contributed by atoms with Crippen molar-refractivity contribution in [2.75, 3.05) is 0 Å². The van der Waals surface area contributed by atoms with Crippen molar-refractivity contribution >= 4 is 16.7 Å². The summed E-state index contributed by atoms with van der Waals surface area (Å²) in [5.41, 5.74) is -1.24. The van der Waals surface area contributed by atoms with E-state index in [0.29, 0.717) is 0 Å². The van der Waals surface area contributed by atoms with Gasteiger partial charge >= 0.3 is 12.1 Å². The lowest BCUT2D eigenvalue weighted by Crippen LogP contribution is -2.07. The average molecular weight is 241 g/mol. The average Bonchev–Trinajstić information content (AvgIpc) is 2.26. The van der Waals surface area contributed by atoms with Crippen molar-refractivity contribution in [3.8, 4) is 0 Å². The quantitative estimate of drug-likeness (QED) is 0.835. The van der Waals surface area contributed by atoms with Gasteiger partial charge in [-0.15, -0.1) is 0 Å². The summed E-state index contributed by atoms with van der Waals surface area (Å²) in [4.78, 5) is 14.4. The zero-order valence-corrected chi connectivity index (χ0v) is 8.32. The number of pyridine rings is 1. The summed E-state index contributed by atoms with van der Waals surface area (Å²) in [6.45, 7) is 0. The normalized spacial score (nSPS) is 11.7. The number of nitrogens with zero attached hydrogens (tertiary/aromatic N) is 1. The van der Waals surface area contributed by atoms with E-state index >= 15 is 0 Å². The molecule has 0 aliphatic carbocycles. The SMILES string of the molecule is O=C(O)c1nccc2c(C(F)(F)F)cccc12. The fourth-order valence-electron chi connectivity index (χ4n) is 1.62. The van der Waals surface area contributed by atoms with Crippen LogP contribution in [0.15, 0.2) is 30.5 Å². The van der Waals surface area contributed by atoms with Crippen LogP contribution in [-0.2, 0) is 6.18 Å². The summed E-state index contributed by atoms with van der Waals surface area (Å²) in [7, 11) is 0. The van der Waals surface area contributed by atoms with Crippen molar-refractivity contribution in [1.82, 2.24) is 4.98 Å². The molecular formula is C11H6F3NO2. The van der Waals surface area contributed by atoms with E-state index in [4.69, 9.17) is 5.11 Å². The maximum absolute atomic E-state index is 12.7. The number of benzene rings is 1. The third-order valence-corrected chi connectivity index (χ3v) is 2.31. The molecule has 0 unspecified atom stereocenters. The van der Waals surface area contributed by atoms with Crippen LogP contribution in [0.5, 0.6) is 0 Å². The number of carboxylic acid groups (broad SMARTS) is 1. The van der Waals surface area contributed by atoms with Gasteiger partial charge in [0, 0.05) is 11.6 Å². The molecule has 1 aromatic carbocycles. The maximum atomic E-state index is 12.7. The number of alkyl halides is 3. The van der Waals surface area contributed by atoms with Crippen molar-refractivity contribution in [3.05, 3.63) is 41.7 Å². The number of carboxylic acids is 1. The van der Waals surface area contributed by atoms with Crippen LogP contribution in [0.1, 0.15) is 16.1 Å². The van der Waals surface area contributed by atoms with Crippen molar-refractivity contribution in [3.63, 3.8) is 0 Å². The van der Waals surface area contributed by atoms with Crippen molar-refractivity contribution in [2.24, 2.45) is 0 Å². The number of hydrogen-bond acceptors (Lipinski definition) is 2. The molecule has 6 heteroatoms. The van der Waals surface area contributed by atoms with Crippen LogP contribution in [0.4, 0.5) is 13.2 Å². The second kappa shape index (κ2) is 3.73. The Balaban J connectivity index is 2.84. The molecule has 3 nitrogen and oxygen atoms in total. The van der Waals surface area contributed by atoms with Crippen LogP contribution < -0.4 is 0 Å².